The molecule has 26 heavy (non-hydrogen) atoms. The molecule has 5 nitrogen and oxygen atoms in total. The Morgan fingerprint density at radius 1 is 0.885 bits per heavy atom. The predicted octanol–water partition coefficient (Wildman–Crippen LogP) is 2.65. The molecule has 1 saturated heterocycles. The summed E-state index contributed by atoms with van der Waals surface area (Å²) < 4.78 is 0. The van der Waals surface area contributed by atoms with E-state index < -0.39 is 11.8 Å². The summed E-state index contributed by atoms with van der Waals surface area (Å²) in [5.74, 6) is -0.756. The van der Waals surface area contributed by atoms with Crippen molar-refractivity contribution in [2.24, 2.45) is 5.92 Å². The standard InChI is InChI=1S/C21H25N3O2/c25-20(21(26)23-19-9-5-2-6-10-19)22-15-17-11-13-24(14-12-17)16-18-7-3-1-4-8-18/h1-10,17H,11-16H2,(H,22,25)(H,23,26). The van der Waals surface area contributed by atoms with E-state index in [4.69, 9.17) is 0 Å². The zero-order valence-electron chi connectivity index (χ0n) is 14.9. The average molecular weight is 351 g/mol. The summed E-state index contributed by atoms with van der Waals surface area (Å²) in [6.07, 6.45) is 2.07. The Morgan fingerprint density at radius 2 is 1.50 bits per heavy atom. The van der Waals surface area contributed by atoms with Gasteiger partial charge in [-0.3, -0.25) is 14.5 Å². The number of hydrogen-bond donors (Lipinski definition) is 2. The first-order valence-corrected chi connectivity index (χ1v) is 9.11. The van der Waals surface area contributed by atoms with Crippen molar-refractivity contribution < 1.29 is 9.59 Å². The molecule has 1 aliphatic heterocycles. The molecule has 0 aliphatic carbocycles. The number of carbonyl (C=O) groups is 2. The third-order valence-corrected chi connectivity index (χ3v) is 4.75. The maximum Gasteiger partial charge on any atom is 0.313 e. The Kier molecular flexibility index (Phi) is 6.39. The normalized spacial score (nSPS) is 15.4. The summed E-state index contributed by atoms with van der Waals surface area (Å²) >= 11 is 0. The highest BCUT2D eigenvalue weighted by molar-refractivity contribution is 6.39. The fraction of sp³-hybridized carbons (Fsp3) is 0.333. The van der Waals surface area contributed by atoms with Crippen LogP contribution in [-0.4, -0.2) is 36.3 Å². The van der Waals surface area contributed by atoms with Gasteiger partial charge in [0.05, 0.1) is 0 Å². The van der Waals surface area contributed by atoms with Gasteiger partial charge in [0, 0.05) is 18.8 Å². The number of amides is 2. The van der Waals surface area contributed by atoms with Crippen molar-refractivity contribution in [1.82, 2.24) is 10.2 Å². The molecule has 1 aliphatic rings. The average Bonchev–Trinajstić information content (AvgIpc) is 2.69. The zero-order valence-corrected chi connectivity index (χ0v) is 14.9. The Morgan fingerprint density at radius 3 is 2.15 bits per heavy atom. The van der Waals surface area contributed by atoms with Crippen LogP contribution in [0.1, 0.15) is 18.4 Å². The van der Waals surface area contributed by atoms with Gasteiger partial charge in [0.15, 0.2) is 0 Å². The molecule has 0 unspecified atom stereocenters. The van der Waals surface area contributed by atoms with Crippen molar-refractivity contribution in [2.45, 2.75) is 19.4 Å². The molecule has 2 aromatic rings. The maximum atomic E-state index is 12.0. The number of hydrogen-bond acceptors (Lipinski definition) is 3. The molecular weight excluding hydrogens is 326 g/mol. The van der Waals surface area contributed by atoms with Gasteiger partial charge in [0.1, 0.15) is 0 Å². The zero-order chi connectivity index (χ0) is 18.2. The SMILES string of the molecule is O=C(NCC1CCN(Cc2ccccc2)CC1)C(=O)Nc1ccccc1. The molecule has 2 N–H and O–H groups in total. The van der Waals surface area contributed by atoms with Gasteiger partial charge in [-0.2, -0.15) is 0 Å². The minimum Gasteiger partial charge on any atom is -0.348 e. The molecule has 0 aromatic heterocycles. The van der Waals surface area contributed by atoms with Crippen LogP contribution in [0.4, 0.5) is 5.69 Å². The topological polar surface area (TPSA) is 61.4 Å². The van der Waals surface area contributed by atoms with E-state index in [1.165, 1.54) is 5.56 Å². The largest absolute Gasteiger partial charge is 0.348 e. The quantitative estimate of drug-likeness (QED) is 0.814. The molecule has 0 atom stereocenters. The molecule has 5 heteroatoms. The molecular formula is C21H25N3O2. The Hall–Kier alpha value is -2.66. The molecule has 0 saturated carbocycles. The number of nitrogens with one attached hydrogen (secondary N) is 2. The minimum atomic E-state index is -0.613. The summed E-state index contributed by atoms with van der Waals surface area (Å²) in [7, 11) is 0. The number of carbonyl (C=O) groups excluding carboxylic acids is 2. The lowest BCUT2D eigenvalue weighted by Crippen LogP contribution is -2.41. The third kappa shape index (κ3) is 5.43. The number of piperidine rings is 1. The molecule has 0 bridgehead atoms. The van der Waals surface area contributed by atoms with Gasteiger partial charge in [-0.1, -0.05) is 48.5 Å². The number of rotatable bonds is 5. The van der Waals surface area contributed by atoms with Crippen LogP contribution in [0.25, 0.3) is 0 Å². The van der Waals surface area contributed by atoms with Crippen molar-refractivity contribution in [3.63, 3.8) is 0 Å². The molecule has 0 spiro atoms. The van der Waals surface area contributed by atoms with E-state index in [1.54, 1.807) is 12.1 Å². The first-order valence-electron chi connectivity index (χ1n) is 9.11. The lowest BCUT2D eigenvalue weighted by atomic mass is 9.96. The van der Waals surface area contributed by atoms with Crippen LogP contribution in [-0.2, 0) is 16.1 Å². The van der Waals surface area contributed by atoms with Gasteiger partial charge in [0.25, 0.3) is 0 Å². The summed E-state index contributed by atoms with van der Waals surface area (Å²) in [5, 5.41) is 5.37. The fourth-order valence-electron chi connectivity index (χ4n) is 3.22. The van der Waals surface area contributed by atoms with Crippen molar-refractivity contribution in [1.29, 1.82) is 0 Å². The van der Waals surface area contributed by atoms with Crippen LogP contribution in [0, 0.1) is 5.92 Å². The summed E-state index contributed by atoms with van der Waals surface area (Å²) in [5.41, 5.74) is 1.96. The van der Waals surface area contributed by atoms with Crippen LogP contribution in [0.5, 0.6) is 0 Å². The van der Waals surface area contributed by atoms with E-state index in [2.05, 4.69) is 39.8 Å². The van der Waals surface area contributed by atoms with Gasteiger partial charge in [-0.15, -0.1) is 0 Å². The van der Waals surface area contributed by atoms with Gasteiger partial charge >= 0.3 is 11.8 Å². The summed E-state index contributed by atoms with van der Waals surface area (Å²) in [6, 6.07) is 19.5. The number of benzene rings is 2. The number of likely N-dealkylation sites (tertiary alicyclic amines) is 1. The molecule has 1 fully saturated rings. The van der Waals surface area contributed by atoms with Gasteiger partial charge in [0.2, 0.25) is 0 Å². The van der Waals surface area contributed by atoms with Crippen LogP contribution in [0.15, 0.2) is 60.7 Å². The van der Waals surface area contributed by atoms with Crippen molar-refractivity contribution in [3.05, 3.63) is 66.2 Å². The van der Waals surface area contributed by atoms with Crippen LogP contribution in [0.3, 0.4) is 0 Å². The highest BCUT2D eigenvalue weighted by Crippen LogP contribution is 2.18. The second-order valence-corrected chi connectivity index (χ2v) is 6.74. The van der Waals surface area contributed by atoms with E-state index in [9.17, 15) is 9.59 Å². The van der Waals surface area contributed by atoms with E-state index in [0.717, 1.165) is 32.5 Å². The fourth-order valence-corrected chi connectivity index (χ4v) is 3.22. The first-order chi connectivity index (χ1) is 12.7. The van der Waals surface area contributed by atoms with Crippen molar-refractivity contribution >= 4 is 17.5 Å². The molecule has 2 amide bonds. The highest BCUT2D eigenvalue weighted by Gasteiger charge is 2.21. The predicted molar refractivity (Wildman–Crippen MR) is 103 cm³/mol. The van der Waals surface area contributed by atoms with Crippen molar-refractivity contribution in [3.8, 4) is 0 Å². The lowest BCUT2D eigenvalue weighted by molar-refractivity contribution is -0.136. The monoisotopic (exact) mass is 351 g/mol. The summed E-state index contributed by atoms with van der Waals surface area (Å²) in [4.78, 5) is 26.3. The second-order valence-electron chi connectivity index (χ2n) is 6.74. The third-order valence-electron chi connectivity index (χ3n) is 4.75. The second kappa shape index (κ2) is 9.15. The van der Waals surface area contributed by atoms with E-state index >= 15 is 0 Å². The Balaban J connectivity index is 1.36. The van der Waals surface area contributed by atoms with Gasteiger partial charge in [-0.05, 0) is 49.5 Å². The van der Waals surface area contributed by atoms with Gasteiger partial charge in [-0.25, -0.2) is 0 Å². The Bertz CT molecular complexity index is 711. The molecule has 1 heterocycles. The maximum absolute atomic E-state index is 12.0. The van der Waals surface area contributed by atoms with E-state index in [0.29, 0.717) is 18.2 Å². The molecule has 3 rings (SSSR count). The molecule has 0 radical (unpaired) electrons. The molecule has 136 valence electrons. The van der Waals surface area contributed by atoms with E-state index in [-0.39, 0.29) is 0 Å². The minimum absolute atomic E-state index is 0.426. The first kappa shape index (κ1) is 18.1. The van der Waals surface area contributed by atoms with Crippen LogP contribution < -0.4 is 10.6 Å². The van der Waals surface area contributed by atoms with Crippen molar-refractivity contribution in [2.75, 3.05) is 25.0 Å². The van der Waals surface area contributed by atoms with Crippen LogP contribution in [0.2, 0.25) is 0 Å². The Labute approximate surface area is 154 Å². The van der Waals surface area contributed by atoms with Crippen LogP contribution >= 0.6 is 0 Å². The number of para-hydroxylation sites is 1. The summed E-state index contributed by atoms with van der Waals surface area (Å²) in [6.45, 7) is 3.57. The van der Waals surface area contributed by atoms with Gasteiger partial charge < -0.3 is 10.6 Å². The number of anilines is 1. The van der Waals surface area contributed by atoms with E-state index in [1.807, 2.05) is 24.3 Å². The lowest BCUT2D eigenvalue weighted by Gasteiger charge is -2.32. The molecule has 2 aromatic carbocycles. The smallest absolute Gasteiger partial charge is 0.313 e. The highest BCUT2D eigenvalue weighted by atomic mass is 16.2. The number of nitrogens with zero attached hydrogens (tertiary/aromatic N) is 1.